The summed E-state index contributed by atoms with van der Waals surface area (Å²) in [5, 5.41) is 3.93. The number of pyridine rings is 1. The van der Waals surface area contributed by atoms with Crippen LogP contribution in [0.15, 0.2) is 17.4 Å². The average molecular weight is 225 g/mol. The van der Waals surface area contributed by atoms with E-state index in [9.17, 15) is 4.79 Å². The molecule has 0 radical (unpaired) electrons. The molecule has 0 saturated heterocycles. The van der Waals surface area contributed by atoms with Crippen LogP contribution in [0.3, 0.4) is 0 Å². The molecule has 0 bridgehead atoms. The van der Waals surface area contributed by atoms with Gasteiger partial charge in [-0.15, -0.1) is 0 Å². The van der Waals surface area contributed by atoms with Gasteiger partial charge < -0.3 is 5.84 Å². The molecule has 78 valence electrons. The van der Waals surface area contributed by atoms with Crippen LogP contribution in [0.5, 0.6) is 0 Å². The predicted octanol–water partition coefficient (Wildman–Crippen LogP) is 0.764. The smallest absolute Gasteiger partial charge is 0.280 e. The van der Waals surface area contributed by atoms with E-state index in [2.05, 4.69) is 10.1 Å². The quantitative estimate of drug-likeness (QED) is 0.566. The van der Waals surface area contributed by atoms with E-state index < -0.39 is 0 Å². The maximum atomic E-state index is 11.8. The van der Waals surface area contributed by atoms with Crippen LogP contribution >= 0.6 is 11.6 Å². The van der Waals surface area contributed by atoms with Gasteiger partial charge in [0, 0.05) is 12.7 Å². The summed E-state index contributed by atoms with van der Waals surface area (Å²) in [6.45, 7) is 2.39. The highest BCUT2D eigenvalue weighted by molar-refractivity contribution is 6.54. The molecule has 1 aromatic heterocycles. The maximum Gasteiger partial charge on any atom is 0.280 e. The third kappa shape index (κ3) is 1.35. The molecule has 1 aromatic rings. The number of fused-ring (bicyclic) bond motifs is 1. The average Bonchev–Trinajstić information content (AvgIpc) is 2.48. The SMILES string of the molecule is CCN1C(=O)/C(=N\N)c2cc(Cl)cnc21. The molecule has 0 fully saturated rings. The predicted molar refractivity (Wildman–Crippen MR) is 58.0 cm³/mol. The fraction of sp³-hybridized carbons (Fsp3) is 0.222. The minimum atomic E-state index is -0.232. The van der Waals surface area contributed by atoms with Crippen LogP contribution in [0.25, 0.3) is 0 Å². The first-order valence-corrected chi connectivity index (χ1v) is 4.82. The second-order valence-electron chi connectivity index (χ2n) is 3.05. The van der Waals surface area contributed by atoms with E-state index in [1.54, 1.807) is 6.07 Å². The molecule has 1 aliphatic heterocycles. The first kappa shape index (κ1) is 9.92. The Bertz CT molecular complexity index is 457. The molecule has 6 heteroatoms. The maximum absolute atomic E-state index is 11.8. The Morgan fingerprint density at radius 2 is 2.40 bits per heavy atom. The zero-order valence-corrected chi connectivity index (χ0v) is 8.82. The van der Waals surface area contributed by atoms with Gasteiger partial charge in [-0.3, -0.25) is 9.69 Å². The molecule has 0 saturated carbocycles. The van der Waals surface area contributed by atoms with Gasteiger partial charge in [-0.2, -0.15) is 5.10 Å². The lowest BCUT2D eigenvalue weighted by Crippen LogP contribution is -2.30. The number of carbonyl (C=O) groups is 1. The van der Waals surface area contributed by atoms with Gasteiger partial charge in [-0.1, -0.05) is 11.6 Å². The van der Waals surface area contributed by atoms with E-state index >= 15 is 0 Å². The monoisotopic (exact) mass is 224 g/mol. The Labute approximate surface area is 91.5 Å². The van der Waals surface area contributed by atoms with E-state index in [4.69, 9.17) is 17.4 Å². The number of likely N-dealkylation sites (N-methyl/N-ethyl adjacent to an activating group) is 1. The van der Waals surface area contributed by atoms with E-state index in [1.807, 2.05) is 6.92 Å². The van der Waals surface area contributed by atoms with Gasteiger partial charge >= 0.3 is 0 Å². The number of aromatic nitrogens is 1. The number of hydrogen-bond donors (Lipinski definition) is 1. The summed E-state index contributed by atoms with van der Waals surface area (Å²) in [6, 6.07) is 1.64. The van der Waals surface area contributed by atoms with Gasteiger partial charge in [-0.05, 0) is 13.0 Å². The second-order valence-corrected chi connectivity index (χ2v) is 3.49. The first-order chi connectivity index (χ1) is 7.19. The van der Waals surface area contributed by atoms with E-state index in [1.165, 1.54) is 11.1 Å². The molecule has 0 aliphatic carbocycles. The number of nitrogens with two attached hydrogens (primary N) is 1. The van der Waals surface area contributed by atoms with Crippen molar-refractivity contribution in [2.45, 2.75) is 6.92 Å². The van der Waals surface area contributed by atoms with Crippen molar-refractivity contribution in [1.82, 2.24) is 4.98 Å². The molecule has 0 aromatic carbocycles. The molecular weight excluding hydrogens is 216 g/mol. The lowest BCUT2D eigenvalue weighted by molar-refractivity contribution is -0.112. The highest BCUT2D eigenvalue weighted by Gasteiger charge is 2.34. The lowest BCUT2D eigenvalue weighted by atomic mass is 10.2. The van der Waals surface area contributed by atoms with Crippen molar-refractivity contribution >= 4 is 29.0 Å². The molecule has 0 atom stereocenters. The lowest BCUT2D eigenvalue weighted by Gasteiger charge is -2.11. The standard InChI is InChI=1S/C9H9ClN4O/c1-2-14-8-6(3-5(10)4-12-8)7(13-11)9(14)15/h3-4H,2,11H2,1H3/b13-7-. The van der Waals surface area contributed by atoms with Crippen LogP contribution in [0.1, 0.15) is 12.5 Å². The Morgan fingerprint density at radius 3 is 3.00 bits per heavy atom. The van der Waals surface area contributed by atoms with Gasteiger partial charge in [0.1, 0.15) is 5.82 Å². The fourth-order valence-electron chi connectivity index (χ4n) is 1.58. The summed E-state index contributed by atoms with van der Waals surface area (Å²) in [4.78, 5) is 17.4. The first-order valence-electron chi connectivity index (χ1n) is 4.44. The zero-order valence-electron chi connectivity index (χ0n) is 8.07. The van der Waals surface area contributed by atoms with Crippen LogP contribution in [-0.2, 0) is 4.79 Å². The number of nitrogens with zero attached hydrogens (tertiary/aromatic N) is 3. The summed E-state index contributed by atoms with van der Waals surface area (Å²) in [5.74, 6) is 5.51. The van der Waals surface area contributed by atoms with Gasteiger partial charge in [0.05, 0.1) is 10.6 Å². The topological polar surface area (TPSA) is 71.6 Å². The van der Waals surface area contributed by atoms with Gasteiger partial charge in [0.15, 0.2) is 5.71 Å². The third-order valence-corrected chi connectivity index (χ3v) is 2.44. The van der Waals surface area contributed by atoms with Crippen LogP contribution in [0.4, 0.5) is 5.82 Å². The third-order valence-electron chi connectivity index (χ3n) is 2.24. The van der Waals surface area contributed by atoms with Crippen molar-refractivity contribution in [3.8, 4) is 0 Å². The van der Waals surface area contributed by atoms with E-state index in [0.717, 1.165) is 0 Å². The number of rotatable bonds is 1. The highest BCUT2D eigenvalue weighted by atomic mass is 35.5. The summed E-state index contributed by atoms with van der Waals surface area (Å²) < 4.78 is 0. The molecule has 0 unspecified atom stereocenters. The van der Waals surface area contributed by atoms with Gasteiger partial charge in [0.2, 0.25) is 0 Å². The van der Waals surface area contributed by atoms with E-state index in [-0.39, 0.29) is 11.6 Å². The Hall–Kier alpha value is -1.62. The largest absolute Gasteiger partial charge is 0.322 e. The summed E-state index contributed by atoms with van der Waals surface area (Å²) in [5.41, 5.74) is 0.804. The number of carbonyl (C=O) groups excluding carboxylic acids is 1. The number of anilines is 1. The van der Waals surface area contributed by atoms with Crippen molar-refractivity contribution in [3.05, 3.63) is 22.8 Å². The van der Waals surface area contributed by atoms with Crippen molar-refractivity contribution < 1.29 is 4.79 Å². The zero-order chi connectivity index (χ0) is 11.0. The van der Waals surface area contributed by atoms with Crippen LogP contribution < -0.4 is 10.7 Å². The molecule has 2 N–H and O–H groups in total. The minimum absolute atomic E-state index is 0.210. The number of hydrogen-bond acceptors (Lipinski definition) is 4. The molecule has 5 nitrogen and oxygen atoms in total. The molecule has 2 heterocycles. The summed E-state index contributed by atoms with van der Waals surface area (Å²) in [7, 11) is 0. The molecule has 0 spiro atoms. The van der Waals surface area contributed by atoms with Crippen molar-refractivity contribution in [3.63, 3.8) is 0 Å². The summed E-state index contributed by atoms with van der Waals surface area (Å²) >= 11 is 5.80. The Morgan fingerprint density at radius 1 is 1.67 bits per heavy atom. The van der Waals surface area contributed by atoms with Crippen molar-refractivity contribution in [1.29, 1.82) is 0 Å². The molecular formula is C9H9ClN4O. The van der Waals surface area contributed by atoms with Crippen LogP contribution in [0, 0.1) is 0 Å². The fourth-order valence-corrected chi connectivity index (χ4v) is 1.74. The van der Waals surface area contributed by atoms with Crippen LogP contribution in [-0.4, -0.2) is 23.1 Å². The van der Waals surface area contributed by atoms with Gasteiger partial charge in [-0.25, -0.2) is 4.98 Å². The number of amides is 1. The number of halogens is 1. The van der Waals surface area contributed by atoms with Crippen LogP contribution in [0.2, 0.25) is 5.02 Å². The van der Waals surface area contributed by atoms with E-state index in [0.29, 0.717) is 22.9 Å². The molecule has 2 rings (SSSR count). The van der Waals surface area contributed by atoms with Crippen molar-refractivity contribution in [2.75, 3.05) is 11.4 Å². The Balaban J connectivity index is 2.64. The second kappa shape index (κ2) is 3.51. The summed E-state index contributed by atoms with van der Waals surface area (Å²) in [6.07, 6.45) is 1.50. The molecule has 1 aliphatic rings. The normalized spacial score (nSPS) is 17.3. The minimum Gasteiger partial charge on any atom is -0.322 e. The highest BCUT2D eigenvalue weighted by Crippen LogP contribution is 2.28. The van der Waals surface area contributed by atoms with Gasteiger partial charge in [0.25, 0.3) is 5.91 Å². The number of hydrazone groups is 1. The van der Waals surface area contributed by atoms with Crippen molar-refractivity contribution in [2.24, 2.45) is 10.9 Å². The Kier molecular flexibility index (Phi) is 2.32. The molecule has 15 heavy (non-hydrogen) atoms. The molecule has 1 amide bonds.